The number of hydrogen-bond donors (Lipinski definition) is 0. The molecule has 0 aliphatic heterocycles. The fourth-order valence-electron chi connectivity index (χ4n) is 3.41. The fourth-order valence-corrected chi connectivity index (χ4v) is 3.61. The van der Waals surface area contributed by atoms with Gasteiger partial charge in [0.1, 0.15) is 11.3 Å². The molecule has 1 aromatic heterocycles. The van der Waals surface area contributed by atoms with Crippen molar-refractivity contribution < 1.29 is 18.7 Å². The van der Waals surface area contributed by atoms with Crippen LogP contribution in [0.15, 0.2) is 45.6 Å². The lowest BCUT2D eigenvalue weighted by atomic mass is 9.91. The zero-order valence-electron chi connectivity index (χ0n) is 14.7. The van der Waals surface area contributed by atoms with Crippen molar-refractivity contribution >= 4 is 28.5 Å². The highest BCUT2D eigenvalue weighted by atomic mass is 35.5. The minimum absolute atomic E-state index is 0.156. The maximum atomic E-state index is 12.4. The summed E-state index contributed by atoms with van der Waals surface area (Å²) in [7, 11) is 1.55. The minimum Gasteiger partial charge on any atom is -0.497 e. The molecule has 2 aromatic carbocycles. The Morgan fingerprint density at radius 3 is 2.48 bits per heavy atom. The maximum absolute atomic E-state index is 12.4. The Morgan fingerprint density at radius 2 is 1.78 bits per heavy atom. The van der Waals surface area contributed by atoms with Crippen molar-refractivity contribution in [3.63, 3.8) is 0 Å². The van der Waals surface area contributed by atoms with Crippen molar-refractivity contribution in [2.75, 3.05) is 7.11 Å². The first kappa shape index (κ1) is 17.6. The number of halogens is 1. The van der Waals surface area contributed by atoms with Crippen LogP contribution < -0.4 is 15.1 Å². The summed E-state index contributed by atoms with van der Waals surface area (Å²) in [6, 6.07) is 9.77. The average Bonchev–Trinajstić information content (AvgIpc) is 2.69. The first-order chi connectivity index (χ1) is 13.1. The molecule has 3 aromatic rings. The molecule has 4 rings (SSSR count). The van der Waals surface area contributed by atoms with Gasteiger partial charge in [-0.2, -0.15) is 0 Å². The van der Waals surface area contributed by atoms with E-state index in [1.807, 2.05) is 0 Å². The summed E-state index contributed by atoms with van der Waals surface area (Å²) in [5, 5.41) is 1.10. The van der Waals surface area contributed by atoms with Crippen molar-refractivity contribution in [3.05, 3.63) is 68.5 Å². The van der Waals surface area contributed by atoms with Crippen LogP contribution in [0.3, 0.4) is 0 Å². The van der Waals surface area contributed by atoms with E-state index in [1.54, 1.807) is 37.4 Å². The molecule has 0 amide bonds. The largest absolute Gasteiger partial charge is 0.497 e. The van der Waals surface area contributed by atoms with Gasteiger partial charge in [-0.1, -0.05) is 11.6 Å². The molecule has 27 heavy (non-hydrogen) atoms. The van der Waals surface area contributed by atoms with Crippen LogP contribution in [0.5, 0.6) is 11.5 Å². The van der Waals surface area contributed by atoms with Crippen LogP contribution in [0, 0.1) is 0 Å². The van der Waals surface area contributed by atoms with E-state index in [-0.39, 0.29) is 11.4 Å². The number of hydrogen-bond acceptors (Lipinski definition) is 5. The Balaban J connectivity index is 1.70. The van der Waals surface area contributed by atoms with Gasteiger partial charge in [-0.25, -0.2) is 9.59 Å². The Labute approximate surface area is 160 Å². The van der Waals surface area contributed by atoms with Crippen LogP contribution in [0.2, 0.25) is 5.02 Å². The van der Waals surface area contributed by atoms with Gasteiger partial charge in [0.15, 0.2) is 5.75 Å². The minimum atomic E-state index is -0.556. The van der Waals surface area contributed by atoms with E-state index < -0.39 is 5.97 Å². The quantitative estimate of drug-likeness (QED) is 0.376. The molecule has 0 saturated heterocycles. The monoisotopic (exact) mass is 384 g/mol. The second-order valence-corrected chi connectivity index (χ2v) is 6.86. The van der Waals surface area contributed by atoms with Crippen molar-refractivity contribution in [2.45, 2.75) is 25.7 Å². The van der Waals surface area contributed by atoms with Gasteiger partial charge in [0, 0.05) is 17.0 Å². The first-order valence-electron chi connectivity index (χ1n) is 8.71. The summed E-state index contributed by atoms with van der Waals surface area (Å²) in [6.07, 6.45) is 3.55. The molecule has 0 atom stereocenters. The van der Waals surface area contributed by atoms with Crippen molar-refractivity contribution in [1.29, 1.82) is 0 Å². The van der Waals surface area contributed by atoms with E-state index in [0.29, 0.717) is 21.9 Å². The standard InChI is InChI=1S/C21H17ClO5/c1-25-13-8-6-12(7-9-13)20(23)27-19-11-18-16(10-17(19)22)14-4-2-3-5-15(14)21(24)26-18/h6-11H,2-5H2,1H3. The molecule has 0 radical (unpaired) electrons. The third-order valence-corrected chi connectivity index (χ3v) is 5.10. The molecule has 0 bridgehead atoms. The second kappa shape index (κ2) is 7.08. The van der Waals surface area contributed by atoms with Gasteiger partial charge >= 0.3 is 11.6 Å². The van der Waals surface area contributed by atoms with Crippen LogP contribution >= 0.6 is 11.6 Å². The van der Waals surface area contributed by atoms with Gasteiger partial charge in [-0.15, -0.1) is 0 Å². The van der Waals surface area contributed by atoms with E-state index in [0.717, 1.165) is 42.2 Å². The Hall–Kier alpha value is -2.79. The normalized spacial score (nSPS) is 13.3. The summed E-state index contributed by atoms with van der Waals surface area (Å²) in [5.74, 6) is 0.241. The molecule has 1 aliphatic carbocycles. The summed E-state index contributed by atoms with van der Waals surface area (Å²) < 4.78 is 16.0. The van der Waals surface area contributed by atoms with E-state index in [9.17, 15) is 9.59 Å². The van der Waals surface area contributed by atoms with Crippen LogP contribution in [0.25, 0.3) is 11.0 Å². The predicted molar refractivity (Wildman–Crippen MR) is 102 cm³/mol. The number of esters is 1. The van der Waals surface area contributed by atoms with Gasteiger partial charge in [0.2, 0.25) is 0 Å². The Bertz CT molecular complexity index is 1080. The maximum Gasteiger partial charge on any atom is 0.343 e. The Morgan fingerprint density at radius 1 is 1.07 bits per heavy atom. The number of carbonyl (C=O) groups is 1. The van der Waals surface area contributed by atoms with Gasteiger partial charge in [-0.3, -0.25) is 0 Å². The molecule has 0 fully saturated rings. The Kier molecular flexibility index (Phi) is 4.62. The van der Waals surface area contributed by atoms with Crippen LogP contribution in [0.4, 0.5) is 0 Å². The van der Waals surface area contributed by atoms with E-state index in [1.165, 1.54) is 6.07 Å². The molecule has 0 spiro atoms. The molecule has 0 unspecified atom stereocenters. The summed E-state index contributed by atoms with van der Waals surface area (Å²) >= 11 is 6.35. The third-order valence-electron chi connectivity index (χ3n) is 4.80. The van der Waals surface area contributed by atoms with E-state index >= 15 is 0 Å². The molecular formula is C21H17ClO5. The van der Waals surface area contributed by atoms with Gasteiger partial charge in [0.05, 0.1) is 17.7 Å². The zero-order chi connectivity index (χ0) is 19.0. The van der Waals surface area contributed by atoms with Crippen LogP contribution in [-0.2, 0) is 12.8 Å². The van der Waals surface area contributed by atoms with Crippen LogP contribution in [0.1, 0.15) is 34.3 Å². The topological polar surface area (TPSA) is 65.7 Å². The average molecular weight is 385 g/mol. The van der Waals surface area contributed by atoms with Crippen molar-refractivity contribution in [1.82, 2.24) is 0 Å². The summed E-state index contributed by atoms with van der Waals surface area (Å²) in [6.45, 7) is 0. The number of aryl methyl sites for hydroxylation is 1. The van der Waals surface area contributed by atoms with Crippen LogP contribution in [-0.4, -0.2) is 13.1 Å². The lowest BCUT2D eigenvalue weighted by molar-refractivity contribution is 0.0735. The smallest absolute Gasteiger partial charge is 0.343 e. The first-order valence-corrected chi connectivity index (χ1v) is 9.09. The number of rotatable bonds is 3. The fraction of sp³-hybridized carbons (Fsp3) is 0.238. The van der Waals surface area contributed by atoms with Crippen molar-refractivity contribution in [3.8, 4) is 11.5 Å². The van der Waals surface area contributed by atoms with Gasteiger partial charge < -0.3 is 13.9 Å². The molecule has 1 aliphatic rings. The van der Waals surface area contributed by atoms with E-state index in [4.69, 9.17) is 25.5 Å². The molecule has 1 heterocycles. The second-order valence-electron chi connectivity index (χ2n) is 6.45. The number of methoxy groups -OCH3 is 1. The molecule has 0 N–H and O–H groups in total. The van der Waals surface area contributed by atoms with E-state index in [2.05, 4.69) is 0 Å². The van der Waals surface area contributed by atoms with Gasteiger partial charge in [0.25, 0.3) is 0 Å². The number of carbonyl (C=O) groups excluding carboxylic acids is 1. The highest BCUT2D eigenvalue weighted by Crippen LogP contribution is 2.34. The number of fused-ring (bicyclic) bond motifs is 3. The lowest BCUT2D eigenvalue weighted by Crippen LogP contribution is -2.16. The SMILES string of the molecule is COc1ccc(C(=O)Oc2cc3oc(=O)c4c(c3cc2Cl)CCCC4)cc1. The lowest BCUT2D eigenvalue weighted by Gasteiger charge is -2.17. The third kappa shape index (κ3) is 3.30. The zero-order valence-corrected chi connectivity index (χ0v) is 15.5. The molecule has 138 valence electrons. The van der Waals surface area contributed by atoms with Gasteiger partial charge in [-0.05, 0) is 61.6 Å². The summed E-state index contributed by atoms with van der Waals surface area (Å²) in [5.41, 5.74) is 2.13. The number of benzene rings is 2. The number of ether oxygens (including phenoxy) is 2. The predicted octanol–water partition coefficient (Wildman–Crippen LogP) is 4.55. The van der Waals surface area contributed by atoms with Crippen molar-refractivity contribution in [2.24, 2.45) is 0 Å². The molecule has 0 saturated carbocycles. The summed E-state index contributed by atoms with van der Waals surface area (Å²) in [4.78, 5) is 24.6. The molecule has 5 nitrogen and oxygen atoms in total. The highest BCUT2D eigenvalue weighted by molar-refractivity contribution is 6.33. The molecule has 6 heteroatoms. The highest BCUT2D eigenvalue weighted by Gasteiger charge is 2.20. The molecular weight excluding hydrogens is 368 g/mol.